The standard InChI is InChI=1S/C9H16N2O3/c1-2-10-8(12)6-11-4-3-7(5-11)9(13)14/h7H,2-6H2,1H3,(H,10,12)(H,13,14). The van der Waals surface area contributed by atoms with Gasteiger partial charge in [-0.25, -0.2) is 0 Å². The van der Waals surface area contributed by atoms with Crippen molar-refractivity contribution in [3.8, 4) is 0 Å². The van der Waals surface area contributed by atoms with Crippen molar-refractivity contribution in [3.63, 3.8) is 0 Å². The van der Waals surface area contributed by atoms with Gasteiger partial charge in [0.15, 0.2) is 0 Å². The van der Waals surface area contributed by atoms with Crippen molar-refractivity contribution < 1.29 is 14.7 Å². The van der Waals surface area contributed by atoms with Gasteiger partial charge >= 0.3 is 5.97 Å². The Morgan fingerprint density at radius 2 is 2.29 bits per heavy atom. The number of carboxylic acids is 1. The van der Waals surface area contributed by atoms with Gasteiger partial charge in [0, 0.05) is 13.1 Å². The Bertz CT molecular complexity index is 230. The van der Waals surface area contributed by atoms with E-state index in [9.17, 15) is 9.59 Å². The predicted molar refractivity (Wildman–Crippen MR) is 50.9 cm³/mol. The molecule has 5 heteroatoms. The highest BCUT2D eigenvalue weighted by atomic mass is 16.4. The van der Waals surface area contributed by atoms with Crippen LogP contribution in [0.1, 0.15) is 13.3 Å². The van der Waals surface area contributed by atoms with Crippen LogP contribution in [-0.2, 0) is 9.59 Å². The largest absolute Gasteiger partial charge is 0.481 e. The molecule has 0 bridgehead atoms. The minimum atomic E-state index is -0.761. The minimum Gasteiger partial charge on any atom is -0.481 e. The van der Waals surface area contributed by atoms with Crippen LogP contribution in [0, 0.1) is 5.92 Å². The fourth-order valence-electron chi connectivity index (χ4n) is 1.63. The molecule has 14 heavy (non-hydrogen) atoms. The maximum absolute atomic E-state index is 11.2. The van der Waals surface area contributed by atoms with E-state index < -0.39 is 5.97 Å². The molecule has 0 radical (unpaired) electrons. The number of nitrogens with zero attached hydrogens (tertiary/aromatic N) is 1. The second-order valence-electron chi connectivity index (χ2n) is 3.51. The molecule has 80 valence electrons. The number of likely N-dealkylation sites (N-methyl/N-ethyl adjacent to an activating group) is 1. The van der Waals surface area contributed by atoms with Gasteiger partial charge in [-0.2, -0.15) is 0 Å². The van der Waals surface area contributed by atoms with Gasteiger partial charge in [-0.05, 0) is 19.9 Å². The number of amides is 1. The fourth-order valence-corrected chi connectivity index (χ4v) is 1.63. The summed E-state index contributed by atoms with van der Waals surface area (Å²) in [7, 11) is 0. The zero-order valence-corrected chi connectivity index (χ0v) is 8.32. The number of carboxylic acid groups (broad SMARTS) is 1. The molecule has 1 aliphatic rings. The summed E-state index contributed by atoms with van der Waals surface area (Å²) in [4.78, 5) is 23.7. The summed E-state index contributed by atoms with van der Waals surface area (Å²) >= 11 is 0. The minimum absolute atomic E-state index is 0.0291. The lowest BCUT2D eigenvalue weighted by molar-refractivity contribution is -0.141. The highest BCUT2D eigenvalue weighted by Gasteiger charge is 2.28. The van der Waals surface area contributed by atoms with E-state index in [0.29, 0.717) is 32.6 Å². The predicted octanol–water partition coefficient (Wildman–Crippen LogP) is -0.471. The van der Waals surface area contributed by atoms with Crippen LogP contribution in [0.4, 0.5) is 0 Å². The molecule has 0 aromatic rings. The molecule has 0 spiro atoms. The summed E-state index contributed by atoms with van der Waals surface area (Å²) in [6, 6.07) is 0. The molecule has 5 nitrogen and oxygen atoms in total. The number of carbonyl (C=O) groups is 2. The van der Waals surface area contributed by atoms with Crippen molar-refractivity contribution in [2.24, 2.45) is 5.92 Å². The molecule has 0 saturated carbocycles. The molecule has 1 fully saturated rings. The van der Waals surface area contributed by atoms with Crippen LogP contribution in [0.3, 0.4) is 0 Å². The molecular weight excluding hydrogens is 184 g/mol. The number of aliphatic carboxylic acids is 1. The second kappa shape index (κ2) is 4.95. The number of rotatable bonds is 4. The highest BCUT2D eigenvalue weighted by Crippen LogP contribution is 2.15. The first kappa shape index (κ1) is 11.0. The van der Waals surface area contributed by atoms with Crippen LogP contribution in [0.15, 0.2) is 0 Å². The van der Waals surface area contributed by atoms with Crippen molar-refractivity contribution in [1.29, 1.82) is 0 Å². The summed E-state index contributed by atoms with van der Waals surface area (Å²) in [5.74, 6) is -1.09. The first-order valence-electron chi connectivity index (χ1n) is 4.85. The second-order valence-corrected chi connectivity index (χ2v) is 3.51. The van der Waals surface area contributed by atoms with Crippen LogP contribution in [0.5, 0.6) is 0 Å². The molecule has 1 heterocycles. The molecule has 0 aliphatic carbocycles. The quantitative estimate of drug-likeness (QED) is 0.643. The molecule has 2 N–H and O–H groups in total. The Hall–Kier alpha value is -1.10. The molecule has 1 amide bonds. The van der Waals surface area contributed by atoms with Crippen molar-refractivity contribution in [2.45, 2.75) is 13.3 Å². The van der Waals surface area contributed by atoms with Crippen LogP contribution in [-0.4, -0.2) is 48.1 Å². The van der Waals surface area contributed by atoms with E-state index >= 15 is 0 Å². The zero-order chi connectivity index (χ0) is 10.6. The van der Waals surface area contributed by atoms with E-state index in [1.807, 2.05) is 11.8 Å². The molecule has 0 aromatic heterocycles. The third-order valence-electron chi connectivity index (χ3n) is 2.36. The number of nitrogens with one attached hydrogen (secondary N) is 1. The Morgan fingerprint density at radius 3 is 2.79 bits per heavy atom. The summed E-state index contributed by atoms with van der Waals surface area (Å²) in [5.41, 5.74) is 0. The first-order valence-corrected chi connectivity index (χ1v) is 4.85. The molecule has 1 atom stereocenters. The lowest BCUT2D eigenvalue weighted by atomic mass is 10.1. The van der Waals surface area contributed by atoms with Gasteiger partial charge in [-0.1, -0.05) is 0 Å². The van der Waals surface area contributed by atoms with E-state index in [1.165, 1.54) is 0 Å². The van der Waals surface area contributed by atoms with Gasteiger partial charge in [0.25, 0.3) is 0 Å². The third kappa shape index (κ3) is 2.99. The first-order chi connectivity index (χ1) is 6.63. The molecule has 1 aliphatic heterocycles. The smallest absolute Gasteiger partial charge is 0.307 e. The SMILES string of the molecule is CCNC(=O)CN1CCC(C(=O)O)C1. The Labute approximate surface area is 83.1 Å². The summed E-state index contributed by atoms with van der Waals surface area (Å²) in [6.07, 6.45) is 0.648. The summed E-state index contributed by atoms with van der Waals surface area (Å²) in [6.45, 7) is 4.00. The number of hydrogen-bond acceptors (Lipinski definition) is 3. The van der Waals surface area contributed by atoms with Gasteiger partial charge in [0.05, 0.1) is 12.5 Å². The van der Waals surface area contributed by atoms with Gasteiger partial charge in [0.2, 0.25) is 5.91 Å². The van der Waals surface area contributed by atoms with Crippen molar-refractivity contribution in [3.05, 3.63) is 0 Å². The van der Waals surface area contributed by atoms with E-state index in [4.69, 9.17) is 5.11 Å². The maximum atomic E-state index is 11.2. The normalized spacial score (nSPS) is 22.2. The van der Waals surface area contributed by atoms with Gasteiger partial charge in [0.1, 0.15) is 0 Å². The highest BCUT2D eigenvalue weighted by molar-refractivity contribution is 5.78. The van der Waals surface area contributed by atoms with E-state index in [1.54, 1.807) is 0 Å². The van der Waals surface area contributed by atoms with Crippen LogP contribution in [0.25, 0.3) is 0 Å². The molecule has 1 rings (SSSR count). The Kier molecular flexibility index (Phi) is 3.88. The Balaban J connectivity index is 2.28. The van der Waals surface area contributed by atoms with Gasteiger partial charge < -0.3 is 10.4 Å². The fraction of sp³-hybridized carbons (Fsp3) is 0.778. The zero-order valence-electron chi connectivity index (χ0n) is 8.32. The average Bonchev–Trinajstić information content (AvgIpc) is 2.53. The molecule has 1 saturated heterocycles. The number of likely N-dealkylation sites (tertiary alicyclic amines) is 1. The lowest BCUT2D eigenvalue weighted by Gasteiger charge is -2.13. The van der Waals surface area contributed by atoms with Crippen LogP contribution < -0.4 is 5.32 Å². The molecule has 1 unspecified atom stereocenters. The summed E-state index contributed by atoms with van der Waals surface area (Å²) in [5, 5.41) is 11.4. The maximum Gasteiger partial charge on any atom is 0.307 e. The van der Waals surface area contributed by atoms with Crippen LogP contribution in [0.2, 0.25) is 0 Å². The number of carbonyl (C=O) groups excluding carboxylic acids is 1. The topological polar surface area (TPSA) is 69.6 Å². The van der Waals surface area contributed by atoms with Gasteiger partial charge in [-0.3, -0.25) is 14.5 Å². The monoisotopic (exact) mass is 200 g/mol. The van der Waals surface area contributed by atoms with Gasteiger partial charge in [-0.15, -0.1) is 0 Å². The third-order valence-corrected chi connectivity index (χ3v) is 2.36. The average molecular weight is 200 g/mol. The summed E-state index contributed by atoms with van der Waals surface area (Å²) < 4.78 is 0. The lowest BCUT2D eigenvalue weighted by Crippen LogP contribution is -2.36. The number of hydrogen-bond donors (Lipinski definition) is 2. The van der Waals surface area contributed by atoms with E-state index in [2.05, 4.69) is 5.32 Å². The van der Waals surface area contributed by atoms with Crippen molar-refractivity contribution in [1.82, 2.24) is 10.2 Å². The Morgan fingerprint density at radius 1 is 1.57 bits per heavy atom. The van der Waals surface area contributed by atoms with E-state index in [-0.39, 0.29) is 11.8 Å². The van der Waals surface area contributed by atoms with Crippen molar-refractivity contribution >= 4 is 11.9 Å². The molecular formula is C9H16N2O3. The van der Waals surface area contributed by atoms with E-state index in [0.717, 1.165) is 0 Å². The van der Waals surface area contributed by atoms with Crippen LogP contribution >= 0.6 is 0 Å². The molecule has 0 aromatic carbocycles. The van der Waals surface area contributed by atoms with Crippen molar-refractivity contribution in [2.75, 3.05) is 26.2 Å².